The summed E-state index contributed by atoms with van der Waals surface area (Å²) in [7, 11) is 1.44. The molecule has 0 saturated carbocycles. The van der Waals surface area contributed by atoms with Gasteiger partial charge in [-0.15, -0.1) is 0 Å². The molecule has 0 unspecified atom stereocenters. The molecule has 0 aromatic heterocycles. The van der Waals surface area contributed by atoms with E-state index in [0.717, 1.165) is 21.6 Å². The van der Waals surface area contributed by atoms with Gasteiger partial charge in [-0.25, -0.2) is 4.79 Å². The van der Waals surface area contributed by atoms with Crippen LogP contribution in [0.1, 0.15) is 34.6 Å². The van der Waals surface area contributed by atoms with Gasteiger partial charge < -0.3 is 25.2 Å². The van der Waals surface area contributed by atoms with Crippen LogP contribution in [-0.2, 0) is 16.0 Å². The maximum atomic E-state index is 14.1. The first-order valence-electron chi connectivity index (χ1n) is 15.4. The van der Waals surface area contributed by atoms with Gasteiger partial charge in [0.25, 0.3) is 0 Å². The second kappa shape index (κ2) is 15.7. The summed E-state index contributed by atoms with van der Waals surface area (Å²) in [5.74, 6) is -0.255. The number of nitrogens with zero attached hydrogens (tertiary/aromatic N) is 2. The molecule has 1 heterocycles. The van der Waals surface area contributed by atoms with Crippen molar-refractivity contribution in [2.45, 2.75) is 37.0 Å². The number of likely N-dealkylation sites (N-methyl/N-ethyl adjacent to an activating group) is 1. The fraction of sp³-hybridized carbons (Fsp3) is 0.270. The average Bonchev–Trinajstić information content (AvgIpc) is 3.10. The molecule has 5 rings (SSSR count). The van der Waals surface area contributed by atoms with Crippen LogP contribution < -0.4 is 15.4 Å². The van der Waals surface area contributed by atoms with Crippen LogP contribution in [0.3, 0.4) is 0 Å². The molecule has 4 aromatic carbocycles. The molecule has 0 aliphatic carbocycles. The number of ether oxygens (including phenoxy) is 2. The minimum atomic E-state index is -1.19. The number of carbonyl (C=O) groups is 2. The minimum Gasteiger partial charge on any atom is -0.491 e. The van der Waals surface area contributed by atoms with Crippen LogP contribution in [0.4, 0.5) is 10.5 Å². The average molecular weight is 619 g/mol. The predicted octanol–water partition coefficient (Wildman–Crippen LogP) is 5.68. The van der Waals surface area contributed by atoms with Gasteiger partial charge in [0.2, 0.25) is 5.91 Å². The van der Waals surface area contributed by atoms with E-state index < -0.39 is 24.0 Å². The first-order valence-corrected chi connectivity index (χ1v) is 15.4. The Kier molecular flexibility index (Phi) is 11.0. The van der Waals surface area contributed by atoms with Crippen molar-refractivity contribution in [3.05, 3.63) is 131 Å². The summed E-state index contributed by atoms with van der Waals surface area (Å²) in [6, 6.07) is 34.7. The fourth-order valence-corrected chi connectivity index (χ4v) is 5.79. The summed E-state index contributed by atoms with van der Waals surface area (Å²) in [5, 5.41) is 25.5. The van der Waals surface area contributed by atoms with Crippen LogP contribution in [0.2, 0.25) is 0 Å². The molecule has 1 aliphatic heterocycles. The number of para-hydroxylation sites is 1. The van der Waals surface area contributed by atoms with Gasteiger partial charge in [0.1, 0.15) is 24.5 Å². The lowest BCUT2D eigenvalue weighted by atomic mass is 9.84. The van der Waals surface area contributed by atoms with Gasteiger partial charge in [-0.3, -0.25) is 9.69 Å². The molecule has 9 nitrogen and oxygen atoms in total. The zero-order chi connectivity index (χ0) is 32.3. The lowest BCUT2D eigenvalue weighted by Gasteiger charge is -2.33. The highest BCUT2D eigenvalue weighted by molar-refractivity contribution is 5.98. The van der Waals surface area contributed by atoms with E-state index in [-0.39, 0.29) is 12.2 Å². The van der Waals surface area contributed by atoms with Gasteiger partial charge in [0.05, 0.1) is 17.7 Å². The lowest BCUT2D eigenvalue weighted by molar-refractivity contribution is -0.120. The summed E-state index contributed by atoms with van der Waals surface area (Å²) in [6.07, 6.45) is -0.0257. The predicted molar refractivity (Wildman–Crippen MR) is 176 cm³/mol. The van der Waals surface area contributed by atoms with Crippen LogP contribution >= 0.6 is 0 Å². The molecule has 1 saturated heterocycles. The second-order valence-corrected chi connectivity index (χ2v) is 11.3. The maximum absolute atomic E-state index is 14.1. The topological polar surface area (TPSA) is 124 Å². The molecule has 2 amide bonds. The summed E-state index contributed by atoms with van der Waals surface area (Å²) < 4.78 is 12.2. The molecule has 3 atom stereocenters. The number of rotatable bonds is 12. The van der Waals surface area contributed by atoms with E-state index in [1.807, 2.05) is 84.9 Å². The van der Waals surface area contributed by atoms with Crippen molar-refractivity contribution in [1.82, 2.24) is 10.2 Å². The number of benzene rings is 4. The molecule has 46 heavy (non-hydrogen) atoms. The van der Waals surface area contributed by atoms with Gasteiger partial charge in [-0.1, -0.05) is 78.9 Å². The van der Waals surface area contributed by atoms with Crippen molar-refractivity contribution in [3.8, 4) is 11.8 Å². The Hall–Kier alpha value is -5.17. The summed E-state index contributed by atoms with van der Waals surface area (Å²) >= 11 is 0. The molecule has 236 valence electrons. The van der Waals surface area contributed by atoms with Crippen molar-refractivity contribution < 1.29 is 24.2 Å². The van der Waals surface area contributed by atoms with Crippen LogP contribution in [0.15, 0.2) is 109 Å². The molecule has 0 radical (unpaired) electrons. The fourth-order valence-electron chi connectivity index (χ4n) is 5.79. The highest BCUT2D eigenvalue weighted by atomic mass is 16.5. The molecule has 0 bridgehead atoms. The zero-order valence-electron chi connectivity index (χ0n) is 25.7. The third kappa shape index (κ3) is 8.30. The molecule has 4 aromatic rings. The number of aryl methyl sites for hydroxylation is 1. The smallest absolute Gasteiger partial charge is 0.407 e. The number of nitrogens with one attached hydrogen (secondary N) is 2. The van der Waals surface area contributed by atoms with E-state index in [1.165, 1.54) is 7.05 Å². The van der Waals surface area contributed by atoms with Crippen molar-refractivity contribution in [2.75, 3.05) is 32.1 Å². The van der Waals surface area contributed by atoms with Gasteiger partial charge in [-0.05, 0) is 59.9 Å². The number of hydrogen-bond donors (Lipinski definition) is 3. The third-order valence-electron chi connectivity index (χ3n) is 8.18. The van der Waals surface area contributed by atoms with Crippen molar-refractivity contribution in [2.24, 2.45) is 0 Å². The highest BCUT2D eigenvalue weighted by Crippen LogP contribution is 2.32. The van der Waals surface area contributed by atoms with Gasteiger partial charge in [0.15, 0.2) is 0 Å². The molecule has 1 fully saturated rings. The normalized spacial score (nSPS) is 16.6. The van der Waals surface area contributed by atoms with Crippen molar-refractivity contribution in [3.63, 3.8) is 0 Å². The van der Waals surface area contributed by atoms with Crippen molar-refractivity contribution >= 4 is 17.7 Å². The Morgan fingerprint density at radius 2 is 1.54 bits per heavy atom. The van der Waals surface area contributed by atoms with E-state index in [0.29, 0.717) is 49.5 Å². The number of carbonyl (C=O) groups excluding carboxylic acids is 1. The van der Waals surface area contributed by atoms with E-state index in [9.17, 15) is 14.7 Å². The van der Waals surface area contributed by atoms with Gasteiger partial charge >= 0.3 is 6.09 Å². The number of morpholine rings is 1. The second-order valence-electron chi connectivity index (χ2n) is 11.3. The van der Waals surface area contributed by atoms with E-state index in [2.05, 4.69) is 16.7 Å². The van der Waals surface area contributed by atoms with Crippen molar-refractivity contribution in [1.29, 1.82) is 5.26 Å². The lowest BCUT2D eigenvalue weighted by Crippen LogP contribution is -2.48. The number of nitriles is 1. The molecular weight excluding hydrogens is 580 g/mol. The maximum Gasteiger partial charge on any atom is 0.407 e. The Labute approximate surface area is 269 Å². The first-order chi connectivity index (χ1) is 22.4. The van der Waals surface area contributed by atoms with Gasteiger partial charge in [-0.2, -0.15) is 5.26 Å². The Bertz CT molecular complexity index is 1590. The molecule has 1 aliphatic rings. The molecule has 3 N–H and O–H groups in total. The van der Waals surface area contributed by atoms with Crippen LogP contribution in [-0.4, -0.2) is 67.0 Å². The number of carboxylic acid groups (broad SMARTS) is 1. The van der Waals surface area contributed by atoms with Crippen LogP contribution in [0.5, 0.6) is 5.75 Å². The van der Waals surface area contributed by atoms with E-state index in [1.54, 1.807) is 24.3 Å². The largest absolute Gasteiger partial charge is 0.491 e. The highest BCUT2D eigenvalue weighted by Gasteiger charge is 2.37. The molecular formula is C37H38N4O5. The Morgan fingerprint density at radius 3 is 2.17 bits per heavy atom. The number of hydrogen-bond acceptors (Lipinski definition) is 6. The van der Waals surface area contributed by atoms with Crippen LogP contribution in [0.25, 0.3) is 0 Å². The standard InChI is InChI=1S/C37H38N4O5/c1-41(37(43)44)35(34(28-11-4-2-5-12-28)29-13-6-3-7-14-29)36(42)40-33-15-9-8-10-27(33)18-21-31-23-39-24-32(46-31)25-45-30-19-16-26(22-38)17-20-30/h2-17,19-20,31-32,34-35,39H,18,21,23-25H2,1H3,(H,40,42)(H,43,44)/t31-,32+,35+/m1/s1. The SMILES string of the molecule is CN(C(=O)O)[C@H](C(=O)Nc1ccccc1CC[C@@H]1CNC[C@@H](COc2ccc(C#N)cc2)O1)C(c1ccccc1)c1ccccc1. The quantitative estimate of drug-likeness (QED) is 0.187. The number of anilines is 1. The summed E-state index contributed by atoms with van der Waals surface area (Å²) in [5.41, 5.74) is 3.84. The molecule has 0 spiro atoms. The summed E-state index contributed by atoms with van der Waals surface area (Å²) in [4.78, 5) is 27.5. The van der Waals surface area contributed by atoms with E-state index >= 15 is 0 Å². The monoisotopic (exact) mass is 618 g/mol. The molecule has 9 heteroatoms. The minimum absolute atomic E-state index is 0.0569. The van der Waals surface area contributed by atoms with Crippen LogP contribution in [0, 0.1) is 11.3 Å². The van der Waals surface area contributed by atoms with Gasteiger partial charge in [0, 0.05) is 31.7 Å². The number of amides is 2. The zero-order valence-corrected chi connectivity index (χ0v) is 25.7. The first kappa shape index (κ1) is 32.2. The third-order valence-corrected chi connectivity index (χ3v) is 8.18. The van der Waals surface area contributed by atoms with E-state index in [4.69, 9.17) is 14.7 Å². The Morgan fingerprint density at radius 1 is 0.935 bits per heavy atom. The Balaban J connectivity index is 1.27. The summed E-state index contributed by atoms with van der Waals surface area (Å²) in [6.45, 7) is 1.75.